The largest absolute Gasteiger partial charge is 0.257 e. The standard InChI is InChI=1S/C9H12ClN/c1-5-11-9(7(2)3)6-8(4)10/h5-6H,1-2H2,3-4H3/b8-6+,11-9?. The average Bonchev–Trinajstić information content (AvgIpc) is 1.86. The summed E-state index contributed by atoms with van der Waals surface area (Å²) in [6, 6.07) is 0. The number of hydrogen-bond donors (Lipinski definition) is 0. The molecule has 0 saturated carbocycles. The van der Waals surface area contributed by atoms with Gasteiger partial charge in [0.25, 0.3) is 0 Å². The highest BCUT2D eigenvalue weighted by Crippen LogP contribution is 2.03. The lowest BCUT2D eigenvalue weighted by Crippen LogP contribution is -1.93. The first-order valence-electron chi connectivity index (χ1n) is 3.26. The van der Waals surface area contributed by atoms with Crippen molar-refractivity contribution in [2.45, 2.75) is 13.8 Å². The normalized spacial score (nSPS) is 13.0. The Kier molecular flexibility index (Phi) is 4.55. The Morgan fingerprint density at radius 3 is 2.27 bits per heavy atom. The number of hydrogen-bond acceptors (Lipinski definition) is 1. The fraction of sp³-hybridized carbons (Fsp3) is 0.222. The molecular weight excluding hydrogens is 158 g/mol. The molecule has 1 nitrogen and oxygen atoms in total. The third-order valence-electron chi connectivity index (χ3n) is 1.00. The third kappa shape index (κ3) is 4.57. The molecule has 0 spiro atoms. The molecule has 0 rings (SSSR count). The van der Waals surface area contributed by atoms with Crippen LogP contribution in [0.5, 0.6) is 0 Å². The molecule has 60 valence electrons. The van der Waals surface area contributed by atoms with Crippen LogP contribution < -0.4 is 0 Å². The van der Waals surface area contributed by atoms with Gasteiger partial charge in [-0.1, -0.05) is 24.8 Å². The zero-order valence-electron chi connectivity index (χ0n) is 6.89. The summed E-state index contributed by atoms with van der Waals surface area (Å²) in [5, 5.41) is 0.689. The second kappa shape index (κ2) is 4.91. The first kappa shape index (κ1) is 10.2. The molecule has 0 saturated heterocycles. The van der Waals surface area contributed by atoms with E-state index in [0.29, 0.717) is 5.03 Å². The van der Waals surface area contributed by atoms with Crippen molar-refractivity contribution in [3.8, 4) is 0 Å². The molecule has 0 fully saturated rings. The monoisotopic (exact) mass is 169 g/mol. The Morgan fingerprint density at radius 2 is 2.00 bits per heavy atom. The second-order valence-electron chi connectivity index (χ2n) is 2.21. The van der Waals surface area contributed by atoms with Gasteiger partial charge in [0.15, 0.2) is 0 Å². The molecular formula is C9H12ClN. The van der Waals surface area contributed by atoms with Gasteiger partial charge in [-0.3, -0.25) is 4.99 Å². The van der Waals surface area contributed by atoms with Crippen LogP contribution in [0.4, 0.5) is 0 Å². The van der Waals surface area contributed by atoms with Crippen molar-refractivity contribution < 1.29 is 0 Å². The van der Waals surface area contributed by atoms with E-state index in [0.717, 1.165) is 11.3 Å². The van der Waals surface area contributed by atoms with E-state index in [-0.39, 0.29) is 0 Å². The van der Waals surface area contributed by atoms with Gasteiger partial charge in [-0.05, 0) is 25.5 Å². The maximum Gasteiger partial charge on any atom is 0.0664 e. The first-order valence-corrected chi connectivity index (χ1v) is 3.64. The number of halogens is 1. The molecule has 2 heteroatoms. The fourth-order valence-electron chi connectivity index (χ4n) is 0.557. The van der Waals surface area contributed by atoms with Crippen molar-refractivity contribution >= 4 is 17.3 Å². The van der Waals surface area contributed by atoms with Crippen LogP contribution in [0.3, 0.4) is 0 Å². The Morgan fingerprint density at radius 1 is 1.45 bits per heavy atom. The fourth-order valence-corrected chi connectivity index (χ4v) is 0.661. The summed E-state index contributed by atoms with van der Waals surface area (Å²) >= 11 is 5.66. The topological polar surface area (TPSA) is 12.4 Å². The Labute approximate surface area is 72.8 Å². The number of nitrogens with zero attached hydrogens (tertiary/aromatic N) is 1. The lowest BCUT2D eigenvalue weighted by molar-refractivity contribution is 1.51. The van der Waals surface area contributed by atoms with E-state index >= 15 is 0 Å². The van der Waals surface area contributed by atoms with Crippen LogP contribution in [0.25, 0.3) is 0 Å². The molecule has 0 bridgehead atoms. The van der Waals surface area contributed by atoms with Gasteiger partial charge in [0.05, 0.1) is 5.71 Å². The molecule has 0 aliphatic heterocycles. The highest BCUT2D eigenvalue weighted by Gasteiger charge is 1.93. The highest BCUT2D eigenvalue weighted by molar-refractivity contribution is 6.31. The molecule has 0 heterocycles. The molecule has 0 amide bonds. The number of aliphatic imine (C=N–C) groups is 1. The van der Waals surface area contributed by atoms with Crippen LogP contribution in [0, 0.1) is 0 Å². The average molecular weight is 170 g/mol. The van der Waals surface area contributed by atoms with Crippen LogP contribution in [0.15, 0.2) is 41.0 Å². The van der Waals surface area contributed by atoms with Crippen LogP contribution in [0.2, 0.25) is 0 Å². The molecule has 0 atom stereocenters. The molecule has 0 unspecified atom stereocenters. The summed E-state index contributed by atoms with van der Waals surface area (Å²) in [6.45, 7) is 10.9. The van der Waals surface area contributed by atoms with E-state index in [4.69, 9.17) is 11.6 Å². The van der Waals surface area contributed by atoms with E-state index in [1.807, 2.05) is 6.92 Å². The van der Waals surface area contributed by atoms with E-state index in [1.165, 1.54) is 6.20 Å². The lowest BCUT2D eigenvalue weighted by Gasteiger charge is -1.96. The third-order valence-corrected chi connectivity index (χ3v) is 1.11. The van der Waals surface area contributed by atoms with E-state index in [2.05, 4.69) is 18.2 Å². The van der Waals surface area contributed by atoms with Crippen molar-refractivity contribution in [1.29, 1.82) is 0 Å². The van der Waals surface area contributed by atoms with Crippen molar-refractivity contribution in [2.24, 2.45) is 4.99 Å². The lowest BCUT2D eigenvalue weighted by atomic mass is 10.2. The van der Waals surface area contributed by atoms with Gasteiger partial charge in [-0.2, -0.15) is 0 Å². The van der Waals surface area contributed by atoms with E-state index in [1.54, 1.807) is 13.0 Å². The summed E-state index contributed by atoms with van der Waals surface area (Å²) in [4.78, 5) is 3.98. The summed E-state index contributed by atoms with van der Waals surface area (Å²) in [5.41, 5.74) is 1.65. The minimum Gasteiger partial charge on any atom is -0.257 e. The zero-order chi connectivity index (χ0) is 8.85. The molecule has 11 heavy (non-hydrogen) atoms. The van der Waals surface area contributed by atoms with Gasteiger partial charge in [-0.25, -0.2) is 0 Å². The molecule has 0 aromatic heterocycles. The summed E-state index contributed by atoms with van der Waals surface area (Å²) < 4.78 is 0. The van der Waals surface area contributed by atoms with Crippen LogP contribution in [0.1, 0.15) is 13.8 Å². The Hall–Kier alpha value is -0.820. The Balaban J connectivity index is 4.63. The summed E-state index contributed by atoms with van der Waals surface area (Å²) in [5.74, 6) is 0. The van der Waals surface area contributed by atoms with E-state index < -0.39 is 0 Å². The van der Waals surface area contributed by atoms with Gasteiger partial charge in [-0.15, -0.1) is 0 Å². The zero-order valence-corrected chi connectivity index (χ0v) is 7.65. The van der Waals surface area contributed by atoms with Gasteiger partial charge < -0.3 is 0 Å². The van der Waals surface area contributed by atoms with Crippen molar-refractivity contribution in [3.05, 3.63) is 36.0 Å². The minimum absolute atomic E-state index is 0.689. The predicted octanol–water partition coefficient (Wildman–Crippen LogP) is 3.29. The molecule has 0 aliphatic carbocycles. The number of rotatable bonds is 3. The van der Waals surface area contributed by atoms with Crippen LogP contribution >= 0.6 is 11.6 Å². The van der Waals surface area contributed by atoms with Crippen molar-refractivity contribution in [2.75, 3.05) is 0 Å². The summed E-state index contributed by atoms with van der Waals surface area (Å²) in [6.07, 6.45) is 3.23. The Bertz CT molecular complexity index is 220. The maximum absolute atomic E-state index is 5.66. The van der Waals surface area contributed by atoms with Crippen molar-refractivity contribution in [1.82, 2.24) is 0 Å². The van der Waals surface area contributed by atoms with Gasteiger partial charge in [0.1, 0.15) is 0 Å². The van der Waals surface area contributed by atoms with Crippen LogP contribution in [-0.4, -0.2) is 5.71 Å². The van der Waals surface area contributed by atoms with E-state index in [9.17, 15) is 0 Å². The molecule has 0 radical (unpaired) electrons. The second-order valence-corrected chi connectivity index (χ2v) is 2.80. The predicted molar refractivity (Wildman–Crippen MR) is 52.1 cm³/mol. The molecule has 0 aromatic rings. The SMILES string of the molecule is C=CN=C(/C=C(\C)Cl)C(=C)C. The first-order chi connectivity index (χ1) is 5.07. The molecule has 0 aliphatic rings. The minimum atomic E-state index is 0.689. The van der Waals surface area contributed by atoms with Crippen LogP contribution in [-0.2, 0) is 0 Å². The maximum atomic E-state index is 5.66. The summed E-state index contributed by atoms with van der Waals surface area (Å²) in [7, 11) is 0. The quantitative estimate of drug-likeness (QED) is 0.575. The molecule has 0 aromatic carbocycles. The van der Waals surface area contributed by atoms with Gasteiger partial charge in [0, 0.05) is 11.2 Å². The number of allylic oxidation sites excluding steroid dienone is 3. The molecule has 0 N–H and O–H groups in total. The van der Waals surface area contributed by atoms with Crippen molar-refractivity contribution in [3.63, 3.8) is 0 Å². The highest BCUT2D eigenvalue weighted by atomic mass is 35.5. The van der Waals surface area contributed by atoms with Gasteiger partial charge >= 0.3 is 0 Å². The van der Waals surface area contributed by atoms with Gasteiger partial charge in [0.2, 0.25) is 0 Å². The smallest absolute Gasteiger partial charge is 0.0664 e.